The molecule has 0 aliphatic carbocycles. The first-order valence-electron chi connectivity index (χ1n) is 44.6. The van der Waals surface area contributed by atoms with E-state index in [0.29, 0.717) is 0 Å². The predicted octanol–water partition coefficient (Wildman–Crippen LogP) is 33.4. The Morgan fingerprint density at radius 2 is 0.427 bits per heavy atom. The number of rotatable bonds is 7. The van der Waals surface area contributed by atoms with E-state index < -0.39 is 0 Å². The van der Waals surface area contributed by atoms with E-state index in [1.54, 1.807) is 0 Å². The standard InChI is InChI=1S/C42H24N2O.C42H26N2.C40H24N2/c1-2-9-29-25(8-1)20-23-31-30(29)22-21-27-18-16-26-17-19-28(24-34(26)39(27)31)41-42(44-36-13-5-4-12-35(36)43-41)33-11-7-15-38-40(33)32-10-3-6-14-37(32)45-38;1-2-10-27(11-3-1)30-13-8-14-31(26-30)41-42(44-39-19-7-6-18-38(39)43-41)37-17-9-16-35-34(37)24-22-29-21-23-33-32-15-5-4-12-28(32)20-25-36(33)40(29)35;1-2-10-28-24-29(17-16-25(28)8-1)39-40(42-37-15-6-5-14-36(37)41-39)35-13-7-12-33-32(35)22-20-27-19-21-31-30-11-4-3-9-26(30)18-23-34(31)38(27)33/h1-24H;1-26H;1-24H. The molecule has 7 heteroatoms. The van der Waals surface area contributed by atoms with Crippen molar-refractivity contribution < 1.29 is 4.42 Å². The van der Waals surface area contributed by atoms with Crippen LogP contribution in [-0.2, 0) is 0 Å². The zero-order valence-corrected chi connectivity index (χ0v) is 70.8. The molecule has 4 heterocycles. The van der Waals surface area contributed by atoms with Crippen molar-refractivity contribution >= 4 is 195 Å². The molecule has 24 aromatic carbocycles. The molecule has 0 fully saturated rings. The summed E-state index contributed by atoms with van der Waals surface area (Å²) in [5.41, 5.74) is 21.0. The van der Waals surface area contributed by atoms with Crippen molar-refractivity contribution in [1.29, 1.82) is 0 Å². The highest BCUT2D eigenvalue weighted by Gasteiger charge is 2.25. The van der Waals surface area contributed by atoms with Crippen LogP contribution >= 0.6 is 0 Å². The Bertz CT molecular complexity index is 9660. The lowest BCUT2D eigenvalue weighted by Crippen LogP contribution is -1.96. The molecule has 0 saturated heterocycles. The molecular weight excluding hydrogens is 1590 g/mol. The highest BCUT2D eigenvalue weighted by atomic mass is 16.3. The van der Waals surface area contributed by atoms with E-state index in [-0.39, 0.29) is 0 Å². The van der Waals surface area contributed by atoms with Crippen LogP contribution in [0.1, 0.15) is 0 Å². The Kier molecular flexibility index (Phi) is 17.5. The summed E-state index contributed by atoms with van der Waals surface area (Å²) in [4.78, 5) is 31.6. The quantitative estimate of drug-likeness (QED) is 0.147. The molecule has 0 amide bonds. The largest absolute Gasteiger partial charge is 0.456 e. The summed E-state index contributed by atoms with van der Waals surface area (Å²) in [6.07, 6.45) is 0. The van der Waals surface area contributed by atoms with Crippen LogP contribution in [-0.4, -0.2) is 29.9 Å². The van der Waals surface area contributed by atoms with E-state index in [1.165, 1.54) is 146 Å². The van der Waals surface area contributed by atoms with Gasteiger partial charge in [-0.15, -0.1) is 0 Å². The number of furan rings is 1. The summed E-state index contributed by atoms with van der Waals surface area (Å²) < 4.78 is 6.28. The van der Waals surface area contributed by atoms with Gasteiger partial charge in [0.2, 0.25) is 0 Å². The molecule has 0 N–H and O–H groups in total. The first-order chi connectivity index (χ1) is 64.9. The summed E-state index contributed by atoms with van der Waals surface area (Å²) in [7, 11) is 0. The zero-order chi connectivity index (χ0) is 86.1. The number of aromatic nitrogens is 6. The van der Waals surface area contributed by atoms with Gasteiger partial charge >= 0.3 is 0 Å². The van der Waals surface area contributed by atoms with E-state index >= 15 is 0 Å². The molecule has 0 bridgehead atoms. The van der Waals surface area contributed by atoms with E-state index in [2.05, 4.69) is 364 Å². The Labute approximate surface area is 751 Å². The molecule has 7 nitrogen and oxygen atoms in total. The lowest BCUT2D eigenvalue weighted by atomic mass is 9.91. The number of nitrogens with zero attached hydrogens (tertiary/aromatic N) is 6. The third-order valence-corrected chi connectivity index (χ3v) is 26.7. The molecule has 0 spiro atoms. The van der Waals surface area contributed by atoms with Crippen LogP contribution in [0.2, 0.25) is 0 Å². The van der Waals surface area contributed by atoms with Gasteiger partial charge in [0, 0.05) is 44.2 Å². The molecule has 0 atom stereocenters. The Hall–Kier alpha value is -17.5. The number of hydrogen-bond acceptors (Lipinski definition) is 7. The molecule has 606 valence electrons. The minimum atomic E-state index is 0.845. The number of para-hydroxylation sites is 7. The monoisotopic (exact) mass is 1660 g/mol. The van der Waals surface area contributed by atoms with Gasteiger partial charge in [-0.1, -0.05) is 382 Å². The fourth-order valence-corrected chi connectivity index (χ4v) is 20.5. The maximum atomic E-state index is 6.28. The summed E-state index contributed by atoms with van der Waals surface area (Å²) in [5, 5.41) is 34.5. The highest BCUT2D eigenvalue weighted by Crippen LogP contribution is 2.48. The van der Waals surface area contributed by atoms with Crippen molar-refractivity contribution in [2.75, 3.05) is 0 Å². The highest BCUT2D eigenvalue weighted by molar-refractivity contribution is 6.29. The normalized spacial score (nSPS) is 11.8. The first kappa shape index (κ1) is 74.9. The molecule has 28 rings (SSSR count). The third kappa shape index (κ3) is 12.6. The number of benzene rings is 24. The van der Waals surface area contributed by atoms with Gasteiger partial charge in [0.15, 0.2) is 0 Å². The van der Waals surface area contributed by atoms with E-state index in [9.17, 15) is 0 Å². The van der Waals surface area contributed by atoms with Crippen molar-refractivity contribution in [3.63, 3.8) is 0 Å². The molecule has 4 aromatic heterocycles. The SMILES string of the molecule is c1ccc(-c2cccc(-c3nc4ccccc4nc3-c3cccc4c3ccc3ccc5c6ccccc6ccc5c34)c2)cc1.c1ccc2c(c1)ccc1c2ccc2ccc3ccc(-c4nc5ccccc5nc4-c4cccc5oc6ccccc6c45)cc3c21.c1ccc2cc(-c3nc4ccccc4nc3-c3cccc4c3ccc3ccc5c6ccccc6ccc5c34)ccc2c1. The maximum Gasteiger partial charge on any atom is 0.136 e. The van der Waals surface area contributed by atoms with Gasteiger partial charge in [0.25, 0.3) is 0 Å². The van der Waals surface area contributed by atoms with Gasteiger partial charge in [0.05, 0.1) is 67.3 Å². The topological polar surface area (TPSA) is 90.5 Å². The van der Waals surface area contributed by atoms with Gasteiger partial charge in [-0.3, -0.25) is 0 Å². The minimum absolute atomic E-state index is 0.845. The van der Waals surface area contributed by atoms with E-state index in [1.807, 2.05) is 84.9 Å². The fourth-order valence-electron chi connectivity index (χ4n) is 20.5. The molecule has 0 unspecified atom stereocenters. The molecule has 0 saturated carbocycles. The first-order valence-corrected chi connectivity index (χ1v) is 44.6. The third-order valence-electron chi connectivity index (χ3n) is 26.7. The van der Waals surface area contributed by atoms with Crippen molar-refractivity contribution in [3.8, 4) is 78.7 Å². The Balaban J connectivity index is 0.000000103. The van der Waals surface area contributed by atoms with Gasteiger partial charge in [-0.2, -0.15) is 0 Å². The van der Waals surface area contributed by atoms with Crippen molar-refractivity contribution in [3.05, 3.63) is 449 Å². The second-order valence-corrected chi connectivity index (χ2v) is 34.1. The lowest BCUT2D eigenvalue weighted by molar-refractivity contribution is 0.669. The van der Waals surface area contributed by atoms with Gasteiger partial charge in [-0.25, -0.2) is 29.9 Å². The van der Waals surface area contributed by atoms with E-state index in [4.69, 9.17) is 34.3 Å². The maximum absolute atomic E-state index is 6.28. The lowest BCUT2D eigenvalue weighted by Gasteiger charge is -2.15. The predicted molar refractivity (Wildman–Crippen MR) is 552 cm³/mol. The molecule has 28 aromatic rings. The Morgan fingerprint density at radius 1 is 0.130 bits per heavy atom. The summed E-state index contributed by atoms with van der Waals surface area (Å²) in [6, 6.07) is 159. The number of fused-ring (bicyclic) bond motifs is 28. The van der Waals surface area contributed by atoms with Crippen molar-refractivity contribution in [2.45, 2.75) is 0 Å². The van der Waals surface area contributed by atoms with Crippen LogP contribution in [0.25, 0.3) is 274 Å². The molecular formula is C124H74N6O. The average Bonchev–Trinajstić information content (AvgIpc) is 1.71. The van der Waals surface area contributed by atoms with Gasteiger partial charge in [-0.05, 0) is 218 Å². The van der Waals surface area contributed by atoms with Crippen LogP contribution in [0.5, 0.6) is 0 Å². The van der Waals surface area contributed by atoms with Crippen LogP contribution in [0, 0.1) is 0 Å². The summed E-state index contributed by atoms with van der Waals surface area (Å²) >= 11 is 0. The smallest absolute Gasteiger partial charge is 0.136 e. The van der Waals surface area contributed by atoms with Crippen LogP contribution in [0.4, 0.5) is 0 Å². The second kappa shape index (κ2) is 30.7. The average molecular weight is 1660 g/mol. The number of hydrogen-bond donors (Lipinski definition) is 0. The molecule has 131 heavy (non-hydrogen) atoms. The van der Waals surface area contributed by atoms with Crippen LogP contribution in [0.15, 0.2) is 453 Å². The molecule has 0 aliphatic rings. The fraction of sp³-hybridized carbons (Fsp3) is 0. The second-order valence-electron chi connectivity index (χ2n) is 34.1. The zero-order valence-electron chi connectivity index (χ0n) is 70.8. The van der Waals surface area contributed by atoms with Gasteiger partial charge < -0.3 is 4.42 Å². The van der Waals surface area contributed by atoms with Gasteiger partial charge in [0.1, 0.15) is 11.2 Å². The van der Waals surface area contributed by atoms with Crippen LogP contribution in [0.3, 0.4) is 0 Å². The van der Waals surface area contributed by atoms with Crippen LogP contribution < -0.4 is 0 Å². The summed E-state index contributed by atoms with van der Waals surface area (Å²) in [5.74, 6) is 0. The Morgan fingerprint density at radius 3 is 0.939 bits per heavy atom. The van der Waals surface area contributed by atoms with Crippen molar-refractivity contribution in [2.24, 2.45) is 0 Å². The van der Waals surface area contributed by atoms with E-state index in [0.717, 1.165) is 128 Å². The molecule has 0 aliphatic heterocycles. The minimum Gasteiger partial charge on any atom is -0.456 e. The van der Waals surface area contributed by atoms with Crippen molar-refractivity contribution in [1.82, 2.24) is 29.9 Å². The summed E-state index contributed by atoms with van der Waals surface area (Å²) in [6.45, 7) is 0. The molecule has 0 radical (unpaired) electrons.